The van der Waals surface area contributed by atoms with Crippen LogP contribution in [0, 0.1) is 11.5 Å². The lowest BCUT2D eigenvalue weighted by molar-refractivity contribution is -0.134. The zero-order chi connectivity index (χ0) is 21.8. The number of carboxylic acids is 2. The molecule has 1 saturated carbocycles. The second kappa shape index (κ2) is 11.9. The number of aromatic nitrogens is 1. The minimum Gasteiger partial charge on any atom is -0.478 e. The third-order valence-corrected chi connectivity index (χ3v) is 4.45. The van der Waals surface area contributed by atoms with Gasteiger partial charge in [0.1, 0.15) is 0 Å². The molecule has 8 N–H and O–H groups in total. The topological polar surface area (TPSA) is 212 Å². The summed E-state index contributed by atoms with van der Waals surface area (Å²) in [4.78, 5) is 31.5. The molecule has 0 saturated heterocycles. The van der Waals surface area contributed by atoms with Crippen molar-refractivity contribution in [2.45, 2.75) is 31.2 Å². The molecule has 2 rings (SSSR count). The fourth-order valence-electron chi connectivity index (χ4n) is 2.55. The molecule has 0 amide bonds. The summed E-state index contributed by atoms with van der Waals surface area (Å²) in [5.74, 6) is -1.61. The molecule has 1 aliphatic rings. The van der Waals surface area contributed by atoms with E-state index in [0.717, 1.165) is 25.0 Å². The van der Waals surface area contributed by atoms with E-state index in [0.29, 0.717) is 29.2 Å². The number of carbonyl (C=O) groups is 2. The van der Waals surface area contributed by atoms with Crippen molar-refractivity contribution in [3.05, 3.63) is 23.2 Å². The zero-order valence-electron chi connectivity index (χ0n) is 15.6. The summed E-state index contributed by atoms with van der Waals surface area (Å²) >= 11 is 1.43. The van der Waals surface area contributed by atoms with E-state index in [2.05, 4.69) is 25.6 Å². The first-order chi connectivity index (χ1) is 13.7. The van der Waals surface area contributed by atoms with Crippen LogP contribution >= 0.6 is 11.3 Å². The predicted octanol–water partition coefficient (Wildman–Crippen LogP) is 0.0420. The lowest BCUT2D eigenvalue weighted by Crippen LogP contribution is -2.40. The van der Waals surface area contributed by atoms with Crippen LogP contribution in [0.25, 0.3) is 0 Å². The molecule has 0 spiro atoms. The summed E-state index contributed by atoms with van der Waals surface area (Å²) in [6.07, 6.45) is 5.96. The fraction of sp³-hybridized carbons (Fsp3) is 0.375. The van der Waals surface area contributed by atoms with Crippen LogP contribution in [0.2, 0.25) is 0 Å². The van der Waals surface area contributed by atoms with Crippen molar-refractivity contribution in [3.8, 4) is 6.19 Å². The highest BCUT2D eigenvalue weighted by Crippen LogP contribution is 2.36. The Balaban J connectivity index is 0.000000447. The van der Waals surface area contributed by atoms with Gasteiger partial charge in [0.15, 0.2) is 12.2 Å². The molecule has 29 heavy (non-hydrogen) atoms. The first-order valence-electron chi connectivity index (χ1n) is 8.32. The first-order valence-corrected chi connectivity index (χ1v) is 9.20. The van der Waals surface area contributed by atoms with Crippen LogP contribution in [0.15, 0.2) is 27.5 Å². The van der Waals surface area contributed by atoms with Gasteiger partial charge in [0, 0.05) is 36.5 Å². The van der Waals surface area contributed by atoms with E-state index >= 15 is 0 Å². The molecule has 0 aromatic carbocycles. The highest BCUT2D eigenvalue weighted by atomic mass is 32.1. The number of aliphatic imine (C=N–C) groups is 2. The van der Waals surface area contributed by atoms with Crippen molar-refractivity contribution in [2.24, 2.45) is 21.5 Å². The molecule has 1 aromatic rings. The molecule has 12 nitrogen and oxygen atoms in total. The predicted molar refractivity (Wildman–Crippen MR) is 108 cm³/mol. The number of nitrogens with two attached hydrogens (primary N) is 2. The Morgan fingerprint density at radius 2 is 2.00 bits per heavy atom. The monoisotopic (exact) mass is 422 g/mol. The van der Waals surface area contributed by atoms with E-state index < -0.39 is 11.9 Å². The van der Waals surface area contributed by atoms with Gasteiger partial charge in [-0.3, -0.25) is 10.3 Å². The lowest BCUT2D eigenvalue weighted by Gasteiger charge is -2.14. The van der Waals surface area contributed by atoms with Crippen LogP contribution in [-0.4, -0.2) is 52.1 Å². The first kappa shape index (κ1) is 23.4. The molecule has 2 atom stereocenters. The van der Waals surface area contributed by atoms with Gasteiger partial charge in [0.25, 0.3) is 0 Å². The van der Waals surface area contributed by atoms with Gasteiger partial charge in [-0.15, -0.1) is 11.3 Å². The Morgan fingerprint density at radius 3 is 2.52 bits per heavy atom. The Labute approximate surface area is 170 Å². The van der Waals surface area contributed by atoms with Gasteiger partial charge in [-0.2, -0.15) is 10.3 Å². The Kier molecular flexibility index (Phi) is 9.62. The zero-order valence-corrected chi connectivity index (χ0v) is 16.4. The van der Waals surface area contributed by atoms with Crippen molar-refractivity contribution in [1.82, 2.24) is 15.6 Å². The quantitative estimate of drug-likeness (QED) is 0.123. The minimum absolute atomic E-state index is 0.0215. The normalized spacial score (nSPS) is 18.3. The molecule has 1 heterocycles. The largest absolute Gasteiger partial charge is 0.478 e. The van der Waals surface area contributed by atoms with Crippen LogP contribution in [0.5, 0.6) is 0 Å². The molecular formula is C16H22N8O4S. The van der Waals surface area contributed by atoms with E-state index in [1.165, 1.54) is 11.3 Å². The van der Waals surface area contributed by atoms with Gasteiger partial charge in [0.05, 0.1) is 5.69 Å². The summed E-state index contributed by atoms with van der Waals surface area (Å²) < 4.78 is 0. The maximum atomic E-state index is 9.55. The maximum Gasteiger partial charge on any atom is 0.328 e. The van der Waals surface area contributed by atoms with E-state index in [4.69, 9.17) is 26.9 Å². The van der Waals surface area contributed by atoms with Crippen LogP contribution in [0.1, 0.15) is 30.9 Å². The van der Waals surface area contributed by atoms with Gasteiger partial charge >= 0.3 is 11.9 Å². The third-order valence-electron chi connectivity index (χ3n) is 3.69. The molecule has 2 unspecified atom stereocenters. The van der Waals surface area contributed by atoms with E-state index in [9.17, 15) is 9.59 Å². The van der Waals surface area contributed by atoms with Crippen molar-refractivity contribution in [1.29, 1.82) is 5.26 Å². The standard InChI is InChI=1S/C12H18N8S.C4H4O4/c1-16-11(17-6-13)18-8-3-2-7(4-8)9-5-21-12(19-9)20-10(14)15;5-3(6)1-2-4(7)8/h5,7-8H,2-4H2,1H3,(H2,16,17,18)(H4,14,15,19,20);1-2H,(H,5,6)(H,7,8)/b;2-1-. The van der Waals surface area contributed by atoms with Crippen LogP contribution in [0.3, 0.4) is 0 Å². The molecule has 0 radical (unpaired) electrons. The average molecular weight is 422 g/mol. The van der Waals surface area contributed by atoms with E-state index in [1.807, 2.05) is 11.6 Å². The molecule has 1 aliphatic carbocycles. The smallest absolute Gasteiger partial charge is 0.328 e. The fourth-order valence-corrected chi connectivity index (χ4v) is 3.34. The molecule has 13 heteroatoms. The van der Waals surface area contributed by atoms with Crippen molar-refractivity contribution < 1.29 is 19.8 Å². The SMILES string of the molecule is CN=C(NC#N)NC1CCC(c2csc(N=C(N)N)n2)C1.O=C(O)/C=C\C(=O)O. The van der Waals surface area contributed by atoms with Crippen molar-refractivity contribution in [3.63, 3.8) is 0 Å². The van der Waals surface area contributed by atoms with Gasteiger partial charge in [-0.25, -0.2) is 14.6 Å². The molecule has 0 aliphatic heterocycles. The van der Waals surface area contributed by atoms with Crippen LogP contribution in [-0.2, 0) is 9.59 Å². The van der Waals surface area contributed by atoms with Crippen molar-refractivity contribution in [2.75, 3.05) is 7.05 Å². The Morgan fingerprint density at radius 1 is 1.34 bits per heavy atom. The number of nitrogens with one attached hydrogen (secondary N) is 2. The van der Waals surface area contributed by atoms with Crippen LogP contribution < -0.4 is 22.1 Å². The second-order valence-electron chi connectivity index (χ2n) is 5.76. The lowest BCUT2D eigenvalue weighted by atomic mass is 10.1. The molecule has 0 bridgehead atoms. The summed E-state index contributed by atoms with van der Waals surface area (Å²) in [6, 6.07) is 0.280. The Bertz CT molecular complexity index is 822. The number of rotatable bonds is 5. The summed E-state index contributed by atoms with van der Waals surface area (Å²) in [5.41, 5.74) is 11.7. The number of carboxylic acid groups (broad SMARTS) is 2. The number of guanidine groups is 2. The number of aliphatic carboxylic acids is 2. The highest BCUT2D eigenvalue weighted by Gasteiger charge is 2.28. The number of hydrogen-bond acceptors (Lipinski definition) is 7. The number of nitrogens with zero attached hydrogens (tertiary/aromatic N) is 4. The van der Waals surface area contributed by atoms with Gasteiger partial charge in [0.2, 0.25) is 11.1 Å². The maximum absolute atomic E-state index is 9.55. The average Bonchev–Trinajstić information content (AvgIpc) is 3.29. The molecular weight excluding hydrogens is 400 g/mol. The van der Waals surface area contributed by atoms with Gasteiger partial charge in [-0.05, 0) is 19.3 Å². The molecule has 156 valence electrons. The molecule has 1 fully saturated rings. The van der Waals surface area contributed by atoms with Gasteiger partial charge < -0.3 is 27.0 Å². The van der Waals surface area contributed by atoms with Gasteiger partial charge in [-0.1, -0.05) is 0 Å². The third kappa shape index (κ3) is 9.20. The second-order valence-corrected chi connectivity index (χ2v) is 6.60. The van der Waals surface area contributed by atoms with E-state index in [1.54, 1.807) is 7.05 Å². The Hall–Kier alpha value is -3.66. The summed E-state index contributed by atoms with van der Waals surface area (Å²) in [7, 11) is 1.64. The minimum atomic E-state index is -1.26. The van der Waals surface area contributed by atoms with E-state index in [-0.39, 0.29) is 12.0 Å². The van der Waals surface area contributed by atoms with Crippen molar-refractivity contribution >= 4 is 40.3 Å². The summed E-state index contributed by atoms with van der Waals surface area (Å²) in [6.45, 7) is 0. The summed E-state index contributed by atoms with van der Waals surface area (Å²) in [5, 5.41) is 32.6. The van der Waals surface area contributed by atoms with Crippen LogP contribution in [0.4, 0.5) is 5.13 Å². The number of nitriles is 1. The number of thiazole rings is 1. The highest BCUT2D eigenvalue weighted by molar-refractivity contribution is 7.13. The molecule has 1 aromatic heterocycles. The number of hydrogen-bond donors (Lipinski definition) is 6.